The van der Waals surface area contributed by atoms with E-state index in [-0.39, 0.29) is 18.4 Å². The Morgan fingerprint density at radius 1 is 1.14 bits per heavy atom. The van der Waals surface area contributed by atoms with Crippen molar-refractivity contribution in [2.75, 3.05) is 18.8 Å². The first kappa shape index (κ1) is 23.3. The Kier molecular flexibility index (Phi) is 9.01. The Hall–Kier alpha value is -2.02. The molecule has 1 heterocycles. The van der Waals surface area contributed by atoms with E-state index in [9.17, 15) is 14.4 Å². The first-order valence-electron chi connectivity index (χ1n) is 10.5. The summed E-state index contributed by atoms with van der Waals surface area (Å²) in [5.74, 6) is 0.108. The number of nitrogens with one attached hydrogen (secondary N) is 2. The molecule has 1 aliphatic heterocycles. The van der Waals surface area contributed by atoms with Crippen molar-refractivity contribution in [1.82, 2.24) is 15.5 Å². The van der Waals surface area contributed by atoms with E-state index in [2.05, 4.69) is 41.8 Å². The van der Waals surface area contributed by atoms with Crippen LogP contribution in [0.25, 0.3) is 0 Å². The molecule has 1 aromatic carbocycles. The SMILES string of the molecule is CCCCCCCC1(C)NC(=O)N(CC(=O)NCCSc2ccc(C)cc2)C1=O. The van der Waals surface area contributed by atoms with Crippen molar-refractivity contribution in [3.8, 4) is 0 Å². The second-order valence-electron chi connectivity index (χ2n) is 7.83. The van der Waals surface area contributed by atoms with E-state index < -0.39 is 11.6 Å². The number of amides is 4. The van der Waals surface area contributed by atoms with Crippen LogP contribution in [-0.2, 0) is 9.59 Å². The molecule has 1 saturated heterocycles. The lowest BCUT2D eigenvalue weighted by atomic mass is 9.94. The zero-order chi connectivity index (χ0) is 21.3. The van der Waals surface area contributed by atoms with Crippen LogP contribution in [0.5, 0.6) is 0 Å². The smallest absolute Gasteiger partial charge is 0.325 e. The molecular formula is C22H33N3O3S. The number of urea groups is 1. The molecule has 1 fully saturated rings. The molecule has 0 spiro atoms. The van der Waals surface area contributed by atoms with Gasteiger partial charge >= 0.3 is 6.03 Å². The Bertz CT molecular complexity index is 708. The van der Waals surface area contributed by atoms with Gasteiger partial charge < -0.3 is 10.6 Å². The summed E-state index contributed by atoms with van der Waals surface area (Å²) >= 11 is 1.65. The van der Waals surface area contributed by atoms with Gasteiger partial charge in [-0.15, -0.1) is 11.8 Å². The fourth-order valence-corrected chi connectivity index (χ4v) is 4.10. The molecule has 0 saturated carbocycles. The summed E-state index contributed by atoms with van der Waals surface area (Å²) in [6.45, 7) is 6.21. The number of rotatable bonds is 12. The number of unbranched alkanes of at least 4 members (excludes halogenated alkanes) is 4. The van der Waals surface area contributed by atoms with Gasteiger partial charge in [-0.25, -0.2) is 4.79 Å². The first-order chi connectivity index (χ1) is 13.9. The summed E-state index contributed by atoms with van der Waals surface area (Å²) in [5.41, 5.74) is 0.314. The topological polar surface area (TPSA) is 78.5 Å². The summed E-state index contributed by atoms with van der Waals surface area (Å²) in [5, 5.41) is 5.57. The average Bonchev–Trinajstić information content (AvgIpc) is 2.90. The van der Waals surface area contributed by atoms with Gasteiger partial charge in [-0.1, -0.05) is 56.7 Å². The van der Waals surface area contributed by atoms with Crippen LogP contribution in [0, 0.1) is 6.92 Å². The molecule has 4 amide bonds. The van der Waals surface area contributed by atoms with Crippen molar-refractivity contribution in [3.63, 3.8) is 0 Å². The summed E-state index contributed by atoms with van der Waals surface area (Å²) in [6, 6.07) is 7.74. The predicted molar refractivity (Wildman–Crippen MR) is 117 cm³/mol. The van der Waals surface area contributed by atoms with Crippen LogP contribution >= 0.6 is 11.8 Å². The molecule has 2 rings (SSSR count). The van der Waals surface area contributed by atoms with Crippen molar-refractivity contribution in [3.05, 3.63) is 29.8 Å². The van der Waals surface area contributed by atoms with Gasteiger partial charge in [0.25, 0.3) is 5.91 Å². The highest BCUT2D eigenvalue weighted by Gasteiger charge is 2.47. The molecule has 0 radical (unpaired) electrons. The molecule has 2 N–H and O–H groups in total. The monoisotopic (exact) mass is 419 g/mol. The third-order valence-electron chi connectivity index (χ3n) is 5.14. The van der Waals surface area contributed by atoms with Crippen LogP contribution in [0.2, 0.25) is 0 Å². The zero-order valence-electron chi connectivity index (χ0n) is 17.8. The molecule has 1 unspecified atom stereocenters. The summed E-state index contributed by atoms with van der Waals surface area (Å²) in [4.78, 5) is 39.3. The van der Waals surface area contributed by atoms with Gasteiger partial charge in [-0.05, 0) is 32.4 Å². The third kappa shape index (κ3) is 7.07. The zero-order valence-corrected chi connectivity index (χ0v) is 18.6. The van der Waals surface area contributed by atoms with Crippen LogP contribution in [0.1, 0.15) is 57.9 Å². The van der Waals surface area contributed by atoms with Crippen molar-refractivity contribution in [2.45, 2.75) is 69.7 Å². The Morgan fingerprint density at radius 3 is 2.52 bits per heavy atom. The molecule has 160 valence electrons. The number of benzene rings is 1. The van der Waals surface area contributed by atoms with E-state index in [1.165, 1.54) is 18.4 Å². The lowest BCUT2D eigenvalue weighted by Crippen LogP contribution is -2.45. The van der Waals surface area contributed by atoms with E-state index in [0.29, 0.717) is 13.0 Å². The van der Waals surface area contributed by atoms with Crippen LogP contribution in [0.3, 0.4) is 0 Å². The number of imide groups is 1. The quantitative estimate of drug-likeness (QED) is 0.306. The minimum atomic E-state index is -0.898. The number of hydrogen-bond acceptors (Lipinski definition) is 4. The molecule has 7 heteroatoms. The van der Waals surface area contributed by atoms with Gasteiger partial charge in [0, 0.05) is 17.2 Å². The van der Waals surface area contributed by atoms with Gasteiger partial charge in [0.2, 0.25) is 5.91 Å². The second-order valence-corrected chi connectivity index (χ2v) is 9.00. The molecule has 1 aromatic rings. The Balaban J connectivity index is 1.72. The van der Waals surface area contributed by atoms with Crippen molar-refractivity contribution in [2.24, 2.45) is 0 Å². The number of thioether (sulfide) groups is 1. The predicted octanol–water partition coefficient (Wildman–Crippen LogP) is 3.87. The van der Waals surface area contributed by atoms with Crippen LogP contribution in [0.4, 0.5) is 4.79 Å². The van der Waals surface area contributed by atoms with Gasteiger partial charge in [-0.3, -0.25) is 14.5 Å². The third-order valence-corrected chi connectivity index (χ3v) is 6.15. The minimum absolute atomic E-state index is 0.231. The van der Waals surface area contributed by atoms with Crippen molar-refractivity contribution >= 4 is 29.6 Å². The van der Waals surface area contributed by atoms with Crippen LogP contribution < -0.4 is 10.6 Å². The number of aryl methyl sites for hydroxylation is 1. The van der Waals surface area contributed by atoms with E-state index in [1.54, 1.807) is 18.7 Å². The van der Waals surface area contributed by atoms with Crippen LogP contribution in [0.15, 0.2) is 29.2 Å². The largest absolute Gasteiger partial charge is 0.354 e. The van der Waals surface area contributed by atoms with Gasteiger partial charge in [-0.2, -0.15) is 0 Å². The number of carbonyl (C=O) groups excluding carboxylic acids is 3. The van der Waals surface area contributed by atoms with E-state index in [4.69, 9.17) is 0 Å². The molecule has 0 bridgehead atoms. The standard InChI is InChI=1S/C22H33N3O3S/c1-4-5-6-7-8-13-22(3)20(27)25(21(28)24-22)16-19(26)23-14-15-29-18-11-9-17(2)10-12-18/h9-12H,4-8,13-16H2,1-3H3,(H,23,26)(H,24,28). The molecular weight excluding hydrogens is 386 g/mol. The highest BCUT2D eigenvalue weighted by Crippen LogP contribution is 2.24. The lowest BCUT2D eigenvalue weighted by molar-refractivity contribution is -0.134. The van der Waals surface area contributed by atoms with E-state index in [1.807, 2.05) is 6.92 Å². The van der Waals surface area contributed by atoms with Gasteiger partial charge in [0.1, 0.15) is 12.1 Å². The van der Waals surface area contributed by atoms with Crippen molar-refractivity contribution in [1.29, 1.82) is 0 Å². The molecule has 1 aliphatic rings. The fourth-order valence-electron chi connectivity index (χ4n) is 3.34. The van der Waals surface area contributed by atoms with Crippen molar-refractivity contribution < 1.29 is 14.4 Å². The summed E-state index contributed by atoms with van der Waals surface area (Å²) in [6.07, 6.45) is 6.03. The number of nitrogens with zero attached hydrogens (tertiary/aromatic N) is 1. The molecule has 6 nitrogen and oxygen atoms in total. The highest BCUT2D eigenvalue weighted by atomic mass is 32.2. The number of carbonyl (C=O) groups is 3. The van der Waals surface area contributed by atoms with E-state index in [0.717, 1.165) is 34.8 Å². The van der Waals surface area contributed by atoms with Crippen LogP contribution in [-0.4, -0.2) is 47.1 Å². The van der Waals surface area contributed by atoms with Gasteiger partial charge in [0.15, 0.2) is 0 Å². The summed E-state index contributed by atoms with van der Waals surface area (Å²) in [7, 11) is 0. The number of hydrogen-bond donors (Lipinski definition) is 2. The molecule has 0 aliphatic carbocycles. The van der Waals surface area contributed by atoms with E-state index >= 15 is 0 Å². The lowest BCUT2D eigenvalue weighted by Gasteiger charge is -2.21. The molecule has 1 atom stereocenters. The maximum atomic E-state index is 12.7. The molecule has 29 heavy (non-hydrogen) atoms. The Labute approximate surface area is 178 Å². The maximum Gasteiger partial charge on any atom is 0.325 e. The molecule has 0 aromatic heterocycles. The van der Waals surface area contributed by atoms with Gasteiger partial charge in [0.05, 0.1) is 0 Å². The average molecular weight is 420 g/mol. The normalized spacial score (nSPS) is 18.8. The summed E-state index contributed by atoms with van der Waals surface area (Å²) < 4.78 is 0. The maximum absolute atomic E-state index is 12.7. The Morgan fingerprint density at radius 2 is 1.83 bits per heavy atom. The second kappa shape index (κ2) is 11.2. The fraction of sp³-hybridized carbons (Fsp3) is 0.591. The highest BCUT2D eigenvalue weighted by molar-refractivity contribution is 7.99. The first-order valence-corrected chi connectivity index (χ1v) is 11.4. The minimum Gasteiger partial charge on any atom is -0.354 e.